The maximum atomic E-state index is 13.7. The third-order valence-corrected chi connectivity index (χ3v) is 3.60. The second kappa shape index (κ2) is 5.77. The third-order valence-electron chi connectivity index (χ3n) is 3.60. The second-order valence-electron chi connectivity index (χ2n) is 4.94. The van der Waals surface area contributed by atoms with E-state index in [4.69, 9.17) is 5.26 Å². The van der Waals surface area contributed by atoms with Gasteiger partial charge in [0.1, 0.15) is 5.82 Å². The zero-order valence-corrected chi connectivity index (χ0v) is 10.3. The maximum absolute atomic E-state index is 13.7. The van der Waals surface area contributed by atoms with Crippen LogP contribution >= 0.6 is 0 Å². The molecule has 0 atom stereocenters. The van der Waals surface area contributed by atoms with Gasteiger partial charge < -0.3 is 0 Å². The number of halogens is 1. The van der Waals surface area contributed by atoms with Crippen LogP contribution in [-0.4, -0.2) is 5.78 Å². The molecule has 3 heteroatoms. The minimum Gasteiger partial charge on any atom is -0.294 e. The highest BCUT2D eigenvalue weighted by Gasteiger charge is 2.20. The molecule has 94 valence electrons. The van der Waals surface area contributed by atoms with Gasteiger partial charge in [-0.3, -0.25) is 4.79 Å². The van der Waals surface area contributed by atoms with Crippen LogP contribution in [0.15, 0.2) is 18.2 Å². The molecule has 0 aliphatic heterocycles. The van der Waals surface area contributed by atoms with Crippen molar-refractivity contribution >= 4 is 5.78 Å². The van der Waals surface area contributed by atoms with Gasteiger partial charge in [0.05, 0.1) is 17.2 Å². The van der Waals surface area contributed by atoms with Crippen molar-refractivity contribution in [3.05, 3.63) is 35.1 Å². The van der Waals surface area contributed by atoms with Crippen LogP contribution in [0.5, 0.6) is 0 Å². The van der Waals surface area contributed by atoms with E-state index in [1.165, 1.54) is 31.4 Å². The van der Waals surface area contributed by atoms with Crippen LogP contribution < -0.4 is 0 Å². The van der Waals surface area contributed by atoms with Gasteiger partial charge >= 0.3 is 0 Å². The van der Waals surface area contributed by atoms with E-state index in [0.717, 1.165) is 18.9 Å². The summed E-state index contributed by atoms with van der Waals surface area (Å²) in [4.78, 5) is 12.0. The van der Waals surface area contributed by atoms with Crippen LogP contribution in [0, 0.1) is 23.1 Å². The summed E-state index contributed by atoms with van der Waals surface area (Å²) >= 11 is 0. The molecule has 18 heavy (non-hydrogen) atoms. The Balaban J connectivity index is 2.06. The molecule has 1 aromatic rings. The van der Waals surface area contributed by atoms with Gasteiger partial charge in [-0.25, -0.2) is 4.39 Å². The molecular weight excluding hydrogens is 229 g/mol. The standard InChI is InChI=1S/C15H16FNO/c16-14-8-12(10-17)6-7-13(14)15(18)9-11-4-2-1-3-5-11/h6-8,11H,1-5,9H2. The third kappa shape index (κ3) is 2.95. The van der Waals surface area contributed by atoms with E-state index in [2.05, 4.69) is 0 Å². The Bertz CT molecular complexity index is 484. The molecule has 0 radical (unpaired) electrons. The number of nitriles is 1. The molecule has 0 amide bonds. The van der Waals surface area contributed by atoms with Crippen molar-refractivity contribution in [3.8, 4) is 6.07 Å². The van der Waals surface area contributed by atoms with E-state index in [0.29, 0.717) is 12.3 Å². The van der Waals surface area contributed by atoms with Crippen LogP contribution in [0.1, 0.15) is 54.4 Å². The summed E-state index contributed by atoms with van der Waals surface area (Å²) in [7, 11) is 0. The van der Waals surface area contributed by atoms with Gasteiger partial charge in [0, 0.05) is 6.42 Å². The van der Waals surface area contributed by atoms with Crippen LogP contribution in [0.3, 0.4) is 0 Å². The monoisotopic (exact) mass is 245 g/mol. The van der Waals surface area contributed by atoms with Crippen LogP contribution in [-0.2, 0) is 0 Å². The fourth-order valence-corrected chi connectivity index (χ4v) is 2.57. The average molecular weight is 245 g/mol. The predicted molar refractivity (Wildman–Crippen MR) is 66.6 cm³/mol. The molecular formula is C15H16FNO. The van der Waals surface area contributed by atoms with Crippen molar-refractivity contribution < 1.29 is 9.18 Å². The molecule has 0 N–H and O–H groups in total. The summed E-state index contributed by atoms with van der Waals surface area (Å²) in [5.74, 6) is -0.306. The van der Waals surface area contributed by atoms with Crippen molar-refractivity contribution in [1.82, 2.24) is 0 Å². The number of rotatable bonds is 3. The van der Waals surface area contributed by atoms with Gasteiger partial charge in [-0.15, -0.1) is 0 Å². The summed E-state index contributed by atoms with van der Waals surface area (Å²) in [6.07, 6.45) is 6.17. The minimum atomic E-state index is -0.574. The van der Waals surface area contributed by atoms with Gasteiger partial charge in [-0.2, -0.15) is 5.26 Å². The van der Waals surface area contributed by atoms with Gasteiger partial charge in [0.15, 0.2) is 5.78 Å². The molecule has 1 fully saturated rings. The molecule has 1 aromatic carbocycles. The lowest BCUT2D eigenvalue weighted by atomic mass is 9.84. The van der Waals surface area contributed by atoms with Crippen molar-refractivity contribution in [2.24, 2.45) is 5.92 Å². The lowest BCUT2D eigenvalue weighted by Gasteiger charge is -2.20. The highest BCUT2D eigenvalue weighted by atomic mass is 19.1. The molecule has 1 aliphatic carbocycles. The van der Waals surface area contributed by atoms with Crippen molar-refractivity contribution in [2.75, 3.05) is 0 Å². The van der Waals surface area contributed by atoms with Crippen molar-refractivity contribution in [3.63, 3.8) is 0 Å². The summed E-state index contributed by atoms with van der Waals surface area (Å²) in [6, 6.07) is 5.92. The molecule has 0 aromatic heterocycles. The number of benzene rings is 1. The first-order valence-corrected chi connectivity index (χ1v) is 6.43. The van der Waals surface area contributed by atoms with E-state index < -0.39 is 5.82 Å². The van der Waals surface area contributed by atoms with Crippen LogP contribution in [0.2, 0.25) is 0 Å². The molecule has 2 rings (SSSR count). The van der Waals surface area contributed by atoms with Gasteiger partial charge in [0.25, 0.3) is 0 Å². The number of ketones is 1. The van der Waals surface area contributed by atoms with Gasteiger partial charge in [-0.05, 0) is 24.1 Å². The fourth-order valence-electron chi connectivity index (χ4n) is 2.57. The summed E-state index contributed by atoms with van der Waals surface area (Å²) in [5, 5.41) is 8.65. The molecule has 1 saturated carbocycles. The molecule has 0 bridgehead atoms. The summed E-state index contributed by atoms with van der Waals surface area (Å²) in [5.41, 5.74) is 0.376. The summed E-state index contributed by atoms with van der Waals surface area (Å²) < 4.78 is 13.7. The number of carbonyl (C=O) groups is 1. The van der Waals surface area contributed by atoms with E-state index in [1.807, 2.05) is 6.07 Å². The number of hydrogen-bond acceptors (Lipinski definition) is 2. The Morgan fingerprint density at radius 2 is 2.06 bits per heavy atom. The first-order valence-electron chi connectivity index (χ1n) is 6.43. The van der Waals surface area contributed by atoms with E-state index in [1.54, 1.807) is 0 Å². The topological polar surface area (TPSA) is 40.9 Å². The van der Waals surface area contributed by atoms with Crippen LogP contribution in [0.25, 0.3) is 0 Å². The SMILES string of the molecule is N#Cc1ccc(C(=O)CC2CCCCC2)c(F)c1. The Labute approximate surface area is 106 Å². The maximum Gasteiger partial charge on any atom is 0.166 e. The lowest BCUT2D eigenvalue weighted by Crippen LogP contribution is -2.13. The zero-order chi connectivity index (χ0) is 13.0. The number of carbonyl (C=O) groups excluding carboxylic acids is 1. The molecule has 1 aliphatic rings. The smallest absolute Gasteiger partial charge is 0.166 e. The highest BCUT2D eigenvalue weighted by Crippen LogP contribution is 2.28. The zero-order valence-electron chi connectivity index (χ0n) is 10.3. The number of hydrogen-bond donors (Lipinski definition) is 0. The van der Waals surface area contributed by atoms with E-state index >= 15 is 0 Å². The summed E-state index contributed by atoms with van der Waals surface area (Å²) in [6.45, 7) is 0. The first kappa shape index (κ1) is 12.8. The van der Waals surface area contributed by atoms with Gasteiger partial charge in [0.2, 0.25) is 0 Å². The van der Waals surface area contributed by atoms with E-state index in [-0.39, 0.29) is 16.9 Å². The normalized spacial score (nSPS) is 16.2. The Morgan fingerprint density at radius 1 is 1.33 bits per heavy atom. The largest absolute Gasteiger partial charge is 0.294 e. The average Bonchev–Trinajstić information content (AvgIpc) is 2.39. The number of Topliss-reactive ketones (excluding diaryl/α,β-unsaturated/α-hetero) is 1. The Hall–Kier alpha value is -1.69. The number of nitrogens with zero attached hydrogens (tertiary/aromatic N) is 1. The minimum absolute atomic E-state index is 0.125. The fraction of sp³-hybridized carbons (Fsp3) is 0.467. The molecule has 0 heterocycles. The molecule has 0 saturated heterocycles. The second-order valence-corrected chi connectivity index (χ2v) is 4.94. The quantitative estimate of drug-likeness (QED) is 0.759. The van der Waals surface area contributed by atoms with Crippen molar-refractivity contribution in [2.45, 2.75) is 38.5 Å². The van der Waals surface area contributed by atoms with Crippen molar-refractivity contribution in [1.29, 1.82) is 5.26 Å². The highest BCUT2D eigenvalue weighted by molar-refractivity contribution is 5.96. The Kier molecular flexibility index (Phi) is 4.09. The molecule has 0 spiro atoms. The predicted octanol–water partition coefficient (Wildman–Crippen LogP) is 3.85. The van der Waals surface area contributed by atoms with Gasteiger partial charge in [-0.1, -0.05) is 32.1 Å². The Morgan fingerprint density at radius 3 is 2.67 bits per heavy atom. The molecule has 0 unspecified atom stereocenters. The van der Waals surface area contributed by atoms with Crippen LogP contribution in [0.4, 0.5) is 4.39 Å². The first-order chi connectivity index (χ1) is 8.70. The molecule has 2 nitrogen and oxygen atoms in total. The lowest BCUT2D eigenvalue weighted by molar-refractivity contribution is 0.0946. The van der Waals surface area contributed by atoms with E-state index in [9.17, 15) is 9.18 Å².